The van der Waals surface area contributed by atoms with Crippen LogP contribution in [0, 0.1) is 5.92 Å². The molecule has 0 saturated heterocycles. The van der Waals surface area contributed by atoms with Crippen molar-refractivity contribution >= 4 is 0 Å². The number of ether oxygens (including phenoxy) is 2. The van der Waals surface area contributed by atoms with E-state index in [-0.39, 0.29) is 6.29 Å². The van der Waals surface area contributed by atoms with Gasteiger partial charge < -0.3 is 15.2 Å². The fourth-order valence-electron chi connectivity index (χ4n) is 2.25. The van der Waals surface area contributed by atoms with Crippen LogP contribution in [-0.2, 0) is 9.47 Å². The van der Waals surface area contributed by atoms with Crippen molar-refractivity contribution in [2.75, 3.05) is 33.9 Å². The average Bonchev–Trinajstić information content (AvgIpc) is 3.14. The van der Waals surface area contributed by atoms with Crippen molar-refractivity contribution in [1.82, 2.24) is 4.90 Å². The molecular weight excluding hydrogens is 216 g/mol. The minimum Gasteiger partial charge on any atom is -0.356 e. The van der Waals surface area contributed by atoms with E-state index in [2.05, 4.69) is 11.8 Å². The second kappa shape index (κ2) is 8.03. The Labute approximate surface area is 105 Å². The molecule has 0 radical (unpaired) electrons. The van der Waals surface area contributed by atoms with E-state index in [4.69, 9.17) is 15.2 Å². The van der Waals surface area contributed by atoms with E-state index >= 15 is 0 Å². The van der Waals surface area contributed by atoms with Crippen molar-refractivity contribution in [3.05, 3.63) is 0 Å². The van der Waals surface area contributed by atoms with Crippen LogP contribution in [0.5, 0.6) is 0 Å². The molecule has 1 saturated carbocycles. The summed E-state index contributed by atoms with van der Waals surface area (Å²) in [5.41, 5.74) is 5.90. The van der Waals surface area contributed by atoms with Crippen LogP contribution >= 0.6 is 0 Å². The van der Waals surface area contributed by atoms with Gasteiger partial charge in [-0.1, -0.05) is 6.92 Å². The average molecular weight is 244 g/mol. The third-order valence-corrected chi connectivity index (χ3v) is 3.48. The van der Waals surface area contributed by atoms with E-state index in [9.17, 15) is 0 Å². The summed E-state index contributed by atoms with van der Waals surface area (Å²) in [6.45, 7) is 5.21. The van der Waals surface area contributed by atoms with E-state index in [1.165, 1.54) is 25.8 Å². The van der Waals surface area contributed by atoms with Crippen LogP contribution in [-0.4, -0.2) is 51.1 Å². The Kier molecular flexibility index (Phi) is 7.04. The maximum Gasteiger partial charge on any atom is 0.158 e. The molecule has 0 spiro atoms. The van der Waals surface area contributed by atoms with Crippen LogP contribution in [0.25, 0.3) is 0 Å². The molecule has 1 unspecified atom stereocenters. The van der Waals surface area contributed by atoms with Gasteiger partial charge >= 0.3 is 0 Å². The van der Waals surface area contributed by atoms with Crippen molar-refractivity contribution in [3.63, 3.8) is 0 Å². The number of hydrogen-bond donors (Lipinski definition) is 1. The maximum absolute atomic E-state index is 5.90. The first-order valence-electron chi connectivity index (χ1n) is 6.74. The zero-order valence-corrected chi connectivity index (χ0v) is 11.5. The zero-order chi connectivity index (χ0) is 12.7. The Balaban J connectivity index is 2.46. The van der Waals surface area contributed by atoms with Gasteiger partial charge in [-0.2, -0.15) is 0 Å². The number of methoxy groups -OCH3 is 2. The van der Waals surface area contributed by atoms with Gasteiger partial charge in [0.15, 0.2) is 6.29 Å². The third-order valence-electron chi connectivity index (χ3n) is 3.48. The highest BCUT2D eigenvalue weighted by Gasteiger charge is 2.28. The molecule has 0 amide bonds. The number of hydrogen-bond acceptors (Lipinski definition) is 4. The molecule has 0 heterocycles. The molecule has 0 aliphatic heterocycles. The smallest absolute Gasteiger partial charge is 0.158 e. The molecule has 0 aromatic heterocycles. The molecule has 2 N–H and O–H groups in total. The fraction of sp³-hybridized carbons (Fsp3) is 1.00. The topological polar surface area (TPSA) is 47.7 Å². The quantitative estimate of drug-likeness (QED) is 0.591. The molecule has 1 aliphatic rings. The lowest BCUT2D eigenvalue weighted by Gasteiger charge is -2.32. The normalized spacial score (nSPS) is 18.0. The van der Waals surface area contributed by atoms with Crippen molar-refractivity contribution in [2.45, 2.75) is 44.9 Å². The van der Waals surface area contributed by atoms with E-state index in [0.29, 0.717) is 12.6 Å². The molecule has 17 heavy (non-hydrogen) atoms. The van der Waals surface area contributed by atoms with Gasteiger partial charge in [-0.05, 0) is 31.7 Å². The van der Waals surface area contributed by atoms with Gasteiger partial charge in [-0.3, -0.25) is 4.90 Å². The Morgan fingerprint density at radius 1 is 1.29 bits per heavy atom. The Hall–Kier alpha value is -0.160. The van der Waals surface area contributed by atoms with E-state index in [0.717, 1.165) is 18.9 Å². The number of rotatable bonds is 10. The summed E-state index contributed by atoms with van der Waals surface area (Å²) >= 11 is 0. The van der Waals surface area contributed by atoms with Gasteiger partial charge in [0.2, 0.25) is 0 Å². The lowest BCUT2D eigenvalue weighted by atomic mass is 10.1. The first-order valence-corrected chi connectivity index (χ1v) is 6.74. The highest BCUT2D eigenvalue weighted by Crippen LogP contribution is 2.30. The van der Waals surface area contributed by atoms with E-state index < -0.39 is 0 Å². The molecular formula is C13H28N2O2. The van der Waals surface area contributed by atoms with Crippen molar-refractivity contribution in [2.24, 2.45) is 11.7 Å². The van der Waals surface area contributed by atoms with Gasteiger partial charge in [-0.15, -0.1) is 0 Å². The molecule has 4 nitrogen and oxygen atoms in total. The second-order valence-corrected chi connectivity index (χ2v) is 4.96. The number of nitrogens with two attached hydrogens (primary N) is 1. The molecule has 0 bridgehead atoms. The summed E-state index contributed by atoms with van der Waals surface area (Å²) < 4.78 is 10.6. The van der Waals surface area contributed by atoms with Crippen molar-refractivity contribution in [3.8, 4) is 0 Å². The van der Waals surface area contributed by atoms with E-state index in [1.807, 2.05) is 0 Å². The predicted octanol–water partition coefficient (Wildman–Crippen LogP) is 1.44. The first-order chi connectivity index (χ1) is 8.24. The molecule has 0 aromatic rings. The Morgan fingerprint density at radius 2 is 1.94 bits per heavy atom. The summed E-state index contributed by atoms with van der Waals surface area (Å²) in [6.07, 6.45) is 4.66. The lowest BCUT2D eigenvalue weighted by Crippen LogP contribution is -2.44. The summed E-state index contributed by atoms with van der Waals surface area (Å²) in [6, 6.07) is 0.375. The predicted molar refractivity (Wildman–Crippen MR) is 69.9 cm³/mol. The SMILES string of the molecule is CCCN(CC1CC1)C(CN)CC(OC)OC. The van der Waals surface area contributed by atoms with Crippen molar-refractivity contribution in [1.29, 1.82) is 0 Å². The maximum atomic E-state index is 5.90. The molecule has 102 valence electrons. The Bertz CT molecular complexity index is 194. The van der Waals surface area contributed by atoms with Crippen LogP contribution in [0.2, 0.25) is 0 Å². The van der Waals surface area contributed by atoms with Gasteiger partial charge in [0.25, 0.3) is 0 Å². The molecule has 0 aromatic carbocycles. The van der Waals surface area contributed by atoms with Crippen LogP contribution in [0.4, 0.5) is 0 Å². The fourth-order valence-corrected chi connectivity index (χ4v) is 2.25. The highest BCUT2D eigenvalue weighted by atomic mass is 16.7. The van der Waals surface area contributed by atoms with Crippen molar-refractivity contribution < 1.29 is 9.47 Å². The monoisotopic (exact) mass is 244 g/mol. The lowest BCUT2D eigenvalue weighted by molar-refractivity contribution is -0.116. The van der Waals surface area contributed by atoms with Gasteiger partial charge in [0.1, 0.15) is 0 Å². The minimum absolute atomic E-state index is 0.137. The summed E-state index contributed by atoms with van der Waals surface area (Å²) in [5.74, 6) is 0.902. The summed E-state index contributed by atoms with van der Waals surface area (Å²) in [7, 11) is 3.37. The minimum atomic E-state index is -0.137. The summed E-state index contributed by atoms with van der Waals surface area (Å²) in [4.78, 5) is 2.52. The second-order valence-electron chi connectivity index (χ2n) is 4.96. The van der Waals surface area contributed by atoms with Crippen LogP contribution in [0.3, 0.4) is 0 Å². The first kappa shape index (κ1) is 14.9. The molecule has 1 atom stereocenters. The van der Waals surface area contributed by atoms with Gasteiger partial charge in [0.05, 0.1) is 0 Å². The van der Waals surface area contributed by atoms with Gasteiger partial charge in [0, 0.05) is 39.8 Å². The van der Waals surface area contributed by atoms with Crippen LogP contribution < -0.4 is 5.73 Å². The van der Waals surface area contributed by atoms with Crippen LogP contribution in [0.1, 0.15) is 32.6 Å². The zero-order valence-electron chi connectivity index (χ0n) is 11.5. The molecule has 1 fully saturated rings. The molecule has 1 aliphatic carbocycles. The molecule has 4 heteroatoms. The number of nitrogens with zero attached hydrogens (tertiary/aromatic N) is 1. The van der Waals surface area contributed by atoms with Crippen LogP contribution in [0.15, 0.2) is 0 Å². The summed E-state index contributed by atoms with van der Waals surface area (Å²) in [5, 5.41) is 0. The van der Waals surface area contributed by atoms with Gasteiger partial charge in [-0.25, -0.2) is 0 Å². The van der Waals surface area contributed by atoms with E-state index in [1.54, 1.807) is 14.2 Å². The molecule has 1 rings (SSSR count). The largest absolute Gasteiger partial charge is 0.356 e. The standard InChI is InChI=1S/C13H28N2O2/c1-4-7-15(10-11-5-6-11)12(9-14)8-13(16-2)17-3/h11-13H,4-10,14H2,1-3H3. The Morgan fingerprint density at radius 3 is 2.35 bits per heavy atom. The third kappa shape index (κ3) is 5.34. The highest BCUT2D eigenvalue weighted by molar-refractivity contribution is 4.82.